The summed E-state index contributed by atoms with van der Waals surface area (Å²) < 4.78 is 11.8. The molecule has 1 N–H and O–H groups in total. The van der Waals surface area contributed by atoms with Crippen molar-refractivity contribution in [2.24, 2.45) is 0 Å². The van der Waals surface area contributed by atoms with E-state index in [9.17, 15) is 4.39 Å². The van der Waals surface area contributed by atoms with Gasteiger partial charge in [0.25, 0.3) is 0 Å². The van der Waals surface area contributed by atoms with Crippen LogP contribution in [0.2, 0.25) is 0 Å². The number of aromatic nitrogens is 2. The number of alkyl halides is 1. The molecule has 0 radical (unpaired) electrons. The van der Waals surface area contributed by atoms with Crippen molar-refractivity contribution in [3.8, 4) is 6.07 Å². The average Bonchev–Trinajstić information content (AvgIpc) is 2.14. The van der Waals surface area contributed by atoms with E-state index in [2.05, 4.69) is 15.3 Å². The molecule has 5 heteroatoms. The first-order chi connectivity index (χ1) is 6.26. The number of halogens is 1. The van der Waals surface area contributed by atoms with E-state index in [1.54, 1.807) is 6.92 Å². The van der Waals surface area contributed by atoms with Gasteiger partial charge >= 0.3 is 0 Å². The zero-order chi connectivity index (χ0) is 9.68. The van der Waals surface area contributed by atoms with Crippen molar-refractivity contribution in [3.63, 3.8) is 0 Å². The van der Waals surface area contributed by atoms with Crippen molar-refractivity contribution in [2.75, 3.05) is 18.5 Å². The fourth-order valence-corrected chi connectivity index (χ4v) is 0.891. The van der Waals surface area contributed by atoms with Gasteiger partial charge in [-0.3, -0.25) is 0 Å². The molecule has 0 aliphatic carbocycles. The van der Waals surface area contributed by atoms with Crippen LogP contribution in [-0.2, 0) is 0 Å². The highest BCUT2D eigenvalue weighted by Gasteiger charge is 1.99. The third-order valence-electron chi connectivity index (χ3n) is 1.35. The van der Waals surface area contributed by atoms with E-state index in [0.717, 1.165) is 0 Å². The Kier molecular flexibility index (Phi) is 3.15. The maximum atomic E-state index is 11.8. The Morgan fingerprint density at radius 3 is 3.00 bits per heavy atom. The molecular weight excluding hydrogens is 171 g/mol. The fraction of sp³-hybridized carbons (Fsp3) is 0.375. The molecule has 4 nitrogen and oxygen atoms in total. The maximum absolute atomic E-state index is 11.8. The molecule has 0 saturated carbocycles. The standard InChI is InChI=1S/C8H9FN4/c1-6-12-7(5-10)4-8(13-6)11-3-2-9/h4H,2-3H2,1H3,(H,11,12,13). The van der Waals surface area contributed by atoms with Crippen molar-refractivity contribution < 1.29 is 4.39 Å². The Hall–Kier alpha value is -1.70. The molecule has 0 fully saturated rings. The van der Waals surface area contributed by atoms with Crippen molar-refractivity contribution in [3.05, 3.63) is 17.6 Å². The van der Waals surface area contributed by atoms with Gasteiger partial charge in [0.2, 0.25) is 0 Å². The van der Waals surface area contributed by atoms with E-state index in [-0.39, 0.29) is 12.2 Å². The molecule has 0 saturated heterocycles. The van der Waals surface area contributed by atoms with Crippen molar-refractivity contribution in [2.45, 2.75) is 6.92 Å². The molecule has 13 heavy (non-hydrogen) atoms. The summed E-state index contributed by atoms with van der Waals surface area (Å²) in [6, 6.07) is 3.39. The zero-order valence-electron chi connectivity index (χ0n) is 7.21. The molecule has 0 atom stereocenters. The van der Waals surface area contributed by atoms with Gasteiger partial charge in [0, 0.05) is 12.6 Å². The van der Waals surface area contributed by atoms with Crippen LogP contribution in [0.1, 0.15) is 11.5 Å². The number of rotatable bonds is 3. The summed E-state index contributed by atoms with van der Waals surface area (Å²) in [4.78, 5) is 7.83. The van der Waals surface area contributed by atoms with Crippen molar-refractivity contribution >= 4 is 5.82 Å². The van der Waals surface area contributed by atoms with Crippen LogP contribution in [0.5, 0.6) is 0 Å². The third kappa shape index (κ3) is 2.67. The largest absolute Gasteiger partial charge is 0.367 e. The van der Waals surface area contributed by atoms with Gasteiger partial charge in [0.1, 0.15) is 30.1 Å². The average molecular weight is 180 g/mol. The second kappa shape index (κ2) is 4.36. The van der Waals surface area contributed by atoms with Crippen LogP contribution in [0.25, 0.3) is 0 Å². The Morgan fingerprint density at radius 2 is 2.38 bits per heavy atom. The highest BCUT2D eigenvalue weighted by Crippen LogP contribution is 2.04. The summed E-state index contributed by atoms with van der Waals surface area (Å²) in [5.41, 5.74) is 0.286. The molecule has 0 spiro atoms. The molecule has 0 amide bonds. The van der Waals surface area contributed by atoms with Gasteiger partial charge < -0.3 is 5.32 Å². The van der Waals surface area contributed by atoms with E-state index in [1.807, 2.05) is 6.07 Å². The highest BCUT2D eigenvalue weighted by atomic mass is 19.1. The zero-order valence-corrected chi connectivity index (χ0v) is 7.21. The Bertz CT molecular complexity index is 331. The predicted octanol–water partition coefficient (Wildman–Crippen LogP) is 1.04. The SMILES string of the molecule is Cc1nc(C#N)cc(NCCF)n1. The van der Waals surface area contributed by atoms with E-state index in [0.29, 0.717) is 11.6 Å². The number of nitriles is 1. The molecule has 0 aromatic carbocycles. The molecule has 1 aromatic heterocycles. The Morgan fingerprint density at radius 1 is 1.62 bits per heavy atom. The topological polar surface area (TPSA) is 61.6 Å². The highest BCUT2D eigenvalue weighted by molar-refractivity contribution is 5.39. The van der Waals surface area contributed by atoms with Gasteiger partial charge in [-0.05, 0) is 6.92 Å². The summed E-state index contributed by atoms with van der Waals surface area (Å²) in [6.45, 7) is 1.41. The van der Waals surface area contributed by atoms with E-state index < -0.39 is 6.67 Å². The van der Waals surface area contributed by atoms with Crippen LogP contribution in [-0.4, -0.2) is 23.2 Å². The van der Waals surface area contributed by atoms with Crippen molar-refractivity contribution in [1.29, 1.82) is 5.26 Å². The van der Waals surface area contributed by atoms with Gasteiger partial charge in [-0.1, -0.05) is 0 Å². The van der Waals surface area contributed by atoms with Crippen LogP contribution in [0.4, 0.5) is 10.2 Å². The monoisotopic (exact) mass is 180 g/mol. The van der Waals surface area contributed by atoms with Gasteiger partial charge in [0.15, 0.2) is 0 Å². The van der Waals surface area contributed by atoms with Gasteiger partial charge in [-0.25, -0.2) is 14.4 Å². The van der Waals surface area contributed by atoms with Gasteiger partial charge in [-0.2, -0.15) is 5.26 Å². The van der Waals surface area contributed by atoms with Gasteiger partial charge in [-0.15, -0.1) is 0 Å². The molecule has 0 unspecified atom stereocenters. The third-order valence-corrected chi connectivity index (χ3v) is 1.35. The molecule has 68 valence electrons. The number of hydrogen-bond donors (Lipinski definition) is 1. The Labute approximate surface area is 75.4 Å². The quantitative estimate of drug-likeness (QED) is 0.754. The normalized spacial score (nSPS) is 9.31. The number of anilines is 1. The lowest BCUT2D eigenvalue weighted by Crippen LogP contribution is -2.06. The molecule has 1 aromatic rings. The minimum absolute atomic E-state index is 0.196. The molecule has 0 aliphatic heterocycles. The maximum Gasteiger partial charge on any atom is 0.146 e. The molecular formula is C8H9FN4. The predicted molar refractivity (Wildman–Crippen MR) is 45.9 cm³/mol. The number of hydrogen-bond acceptors (Lipinski definition) is 4. The molecule has 0 aliphatic rings. The minimum atomic E-state index is -0.467. The number of nitrogens with zero attached hydrogens (tertiary/aromatic N) is 3. The van der Waals surface area contributed by atoms with Crippen molar-refractivity contribution in [1.82, 2.24) is 9.97 Å². The van der Waals surface area contributed by atoms with Gasteiger partial charge in [0.05, 0.1) is 0 Å². The summed E-state index contributed by atoms with van der Waals surface area (Å²) >= 11 is 0. The first-order valence-electron chi connectivity index (χ1n) is 3.82. The molecule has 1 heterocycles. The number of aryl methyl sites for hydroxylation is 1. The molecule has 0 bridgehead atoms. The van der Waals surface area contributed by atoms with Crippen LogP contribution >= 0.6 is 0 Å². The van der Waals surface area contributed by atoms with E-state index in [4.69, 9.17) is 5.26 Å². The molecule has 1 rings (SSSR count). The minimum Gasteiger partial charge on any atom is -0.367 e. The van der Waals surface area contributed by atoms with Crippen LogP contribution in [0.15, 0.2) is 6.07 Å². The lowest BCUT2D eigenvalue weighted by molar-refractivity contribution is 0.512. The van der Waals surface area contributed by atoms with E-state index in [1.165, 1.54) is 6.07 Å². The summed E-state index contributed by atoms with van der Waals surface area (Å²) in [7, 11) is 0. The Balaban J connectivity index is 2.83. The first-order valence-corrected chi connectivity index (χ1v) is 3.82. The second-order valence-electron chi connectivity index (χ2n) is 2.41. The summed E-state index contributed by atoms with van der Waals surface area (Å²) in [5, 5.41) is 11.3. The number of nitrogens with one attached hydrogen (secondary N) is 1. The fourth-order valence-electron chi connectivity index (χ4n) is 0.891. The van der Waals surface area contributed by atoms with E-state index >= 15 is 0 Å². The van der Waals surface area contributed by atoms with Crippen LogP contribution < -0.4 is 5.32 Å². The second-order valence-corrected chi connectivity index (χ2v) is 2.41. The van der Waals surface area contributed by atoms with Crippen LogP contribution in [0, 0.1) is 18.3 Å². The van der Waals surface area contributed by atoms with Crippen LogP contribution in [0.3, 0.4) is 0 Å². The summed E-state index contributed by atoms with van der Waals surface area (Å²) in [6.07, 6.45) is 0. The smallest absolute Gasteiger partial charge is 0.146 e. The summed E-state index contributed by atoms with van der Waals surface area (Å²) in [5.74, 6) is 0.988. The lowest BCUT2D eigenvalue weighted by atomic mass is 10.4. The first kappa shape index (κ1) is 9.39. The lowest BCUT2D eigenvalue weighted by Gasteiger charge is -2.02.